The van der Waals surface area contributed by atoms with Crippen molar-refractivity contribution in [2.75, 3.05) is 6.61 Å². The molecule has 0 radical (unpaired) electrons. The number of ether oxygens (including phenoxy) is 1. The van der Waals surface area contributed by atoms with Crippen molar-refractivity contribution in [2.24, 2.45) is 0 Å². The molecule has 1 heterocycles. The summed E-state index contributed by atoms with van der Waals surface area (Å²) in [5.74, 6) is -0.185. The zero-order chi connectivity index (χ0) is 12.3. The van der Waals surface area contributed by atoms with E-state index in [0.717, 1.165) is 6.42 Å². The fourth-order valence-electron chi connectivity index (χ4n) is 2.06. The fourth-order valence-corrected chi connectivity index (χ4v) is 2.06. The lowest BCUT2D eigenvalue weighted by atomic mass is 10.0. The summed E-state index contributed by atoms with van der Waals surface area (Å²) in [6.07, 6.45) is 0.724. The minimum absolute atomic E-state index is 0.171. The molecule has 0 spiro atoms. The van der Waals surface area contributed by atoms with Crippen LogP contribution in [0.1, 0.15) is 30.5 Å². The predicted octanol–water partition coefficient (Wildman–Crippen LogP) is 1.47. The SMILES string of the molecule is CCOC(=O)C1CC(c2cccc(C)c2)NN1. The lowest BCUT2D eigenvalue weighted by molar-refractivity contribution is -0.145. The van der Waals surface area contributed by atoms with Gasteiger partial charge < -0.3 is 4.74 Å². The third kappa shape index (κ3) is 2.84. The number of hydrogen-bond donors (Lipinski definition) is 2. The Bertz CT molecular complexity index is 406. The molecular weight excluding hydrogens is 216 g/mol. The standard InChI is InChI=1S/C13H18N2O2/c1-3-17-13(16)12-8-11(14-15-12)10-6-4-5-9(2)7-10/h4-7,11-12,14-15H,3,8H2,1-2H3. The number of hydrazine groups is 1. The van der Waals surface area contributed by atoms with E-state index >= 15 is 0 Å². The van der Waals surface area contributed by atoms with Gasteiger partial charge in [0.1, 0.15) is 6.04 Å². The summed E-state index contributed by atoms with van der Waals surface area (Å²) in [7, 11) is 0. The molecule has 1 saturated heterocycles. The number of hydrogen-bond acceptors (Lipinski definition) is 4. The number of carbonyl (C=O) groups excluding carboxylic acids is 1. The van der Waals surface area contributed by atoms with Gasteiger partial charge in [0.05, 0.1) is 6.61 Å². The number of nitrogens with one attached hydrogen (secondary N) is 2. The monoisotopic (exact) mass is 234 g/mol. The third-order valence-electron chi connectivity index (χ3n) is 2.92. The van der Waals surface area contributed by atoms with Gasteiger partial charge in [0.25, 0.3) is 0 Å². The number of rotatable bonds is 3. The maximum absolute atomic E-state index is 11.6. The van der Waals surface area contributed by atoms with Crippen LogP contribution in [0.15, 0.2) is 24.3 Å². The van der Waals surface area contributed by atoms with Crippen LogP contribution in [0, 0.1) is 6.92 Å². The Labute approximate surface area is 101 Å². The van der Waals surface area contributed by atoms with Gasteiger partial charge in [-0.1, -0.05) is 29.8 Å². The lowest BCUT2D eigenvalue weighted by Crippen LogP contribution is -2.37. The van der Waals surface area contributed by atoms with E-state index in [1.54, 1.807) is 0 Å². The molecule has 2 rings (SSSR count). The molecule has 0 saturated carbocycles. The normalized spacial score (nSPS) is 23.6. The summed E-state index contributed by atoms with van der Waals surface area (Å²) < 4.78 is 4.99. The maximum atomic E-state index is 11.6. The number of benzene rings is 1. The molecule has 1 aliphatic rings. The van der Waals surface area contributed by atoms with Crippen molar-refractivity contribution < 1.29 is 9.53 Å². The topological polar surface area (TPSA) is 50.4 Å². The van der Waals surface area contributed by atoms with Gasteiger partial charge in [-0.25, -0.2) is 10.9 Å². The average molecular weight is 234 g/mol. The highest BCUT2D eigenvalue weighted by molar-refractivity contribution is 5.76. The second-order valence-electron chi connectivity index (χ2n) is 4.30. The molecule has 1 aliphatic heterocycles. The quantitative estimate of drug-likeness (QED) is 0.778. The van der Waals surface area contributed by atoms with Crippen LogP contribution in [0.25, 0.3) is 0 Å². The molecule has 1 aromatic carbocycles. The summed E-state index contributed by atoms with van der Waals surface area (Å²) in [6.45, 7) is 4.30. The van der Waals surface area contributed by atoms with Gasteiger partial charge in [-0.2, -0.15) is 0 Å². The molecule has 0 bridgehead atoms. The minimum atomic E-state index is -0.250. The van der Waals surface area contributed by atoms with Crippen molar-refractivity contribution in [3.8, 4) is 0 Å². The lowest BCUT2D eigenvalue weighted by Gasteiger charge is -2.10. The van der Waals surface area contributed by atoms with E-state index in [0.29, 0.717) is 6.61 Å². The molecule has 2 unspecified atom stereocenters. The van der Waals surface area contributed by atoms with Gasteiger partial charge >= 0.3 is 5.97 Å². The molecular formula is C13H18N2O2. The largest absolute Gasteiger partial charge is 0.465 e. The van der Waals surface area contributed by atoms with Crippen molar-refractivity contribution in [2.45, 2.75) is 32.4 Å². The van der Waals surface area contributed by atoms with E-state index in [2.05, 4.69) is 36.0 Å². The summed E-state index contributed by atoms with van der Waals surface area (Å²) in [5.41, 5.74) is 8.55. The van der Waals surface area contributed by atoms with Crippen LogP contribution in [0.2, 0.25) is 0 Å². The Morgan fingerprint density at radius 2 is 2.29 bits per heavy atom. The van der Waals surface area contributed by atoms with E-state index in [1.807, 2.05) is 13.0 Å². The first kappa shape index (κ1) is 12.1. The Balaban J connectivity index is 2.00. The second-order valence-corrected chi connectivity index (χ2v) is 4.30. The summed E-state index contributed by atoms with van der Waals surface area (Å²) >= 11 is 0. The number of esters is 1. The molecule has 0 aliphatic carbocycles. The molecule has 17 heavy (non-hydrogen) atoms. The molecule has 2 atom stereocenters. The van der Waals surface area contributed by atoms with E-state index < -0.39 is 0 Å². The average Bonchev–Trinajstić information content (AvgIpc) is 2.78. The van der Waals surface area contributed by atoms with Gasteiger partial charge in [0.15, 0.2) is 0 Å². The van der Waals surface area contributed by atoms with E-state index in [1.165, 1.54) is 11.1 Å². The zero-order valence-electron chi connectivity index (χ0n) is 10.2. The molecule has 92 valence electrons. The highest BCUT2D eigenvalue weighted by Crippen LogP contribution is 2.23. The van der Waals surface area contributed by atoms with Crippen LogP contribution >= 0.6 is 0 Å². The number of aryl methyl sites for hydroxylation is 1. The highest BCUT2D eigenvalue weighted by atomic mass is 16.5. The van der Waals surface area contributed by atoms with Crippen molar-refractivity contribution in [3.63, 3.8) is 0 Å². The molecule has 4 nitrogen and oxygen atoms in total. The Morgan fingerprint density at radius 3 is 3.00 bits per heavy atom. The van der Waals surface area contributed by atoms with Gasteiger partial charge in [-0.3, -0.25) is 4.79 Å². The van der Waals surface area contributed by atoms with E-state index in [-0.39, 0.29) is 18.1 Å². The molecule has 4 heteroatoms. The molecule has 1 aromatic rings. The predicted molar refractivity (Wildman–Crippen MR) is 65.2 cm³/mol. The first-order valence-electron chi connectivity index (χ1n) is 5.95. The smallest absolute Gasteiger partial charge is 0.324 e. The van der Waals surface area contributed by atoms with E-state index in [4.69, 9.17) is 4.74 Å². The van der Waals surface area contributed by atoms with Crippen molar-refractivity contribution in [1.82, 2.24) is 10.9 Å². The summed E-state index contributed by atoms with van der Waals surface area (Å²) in [6, 6.07) is 8.22. The first-order chi connectivity index (χ1) is 8.20. The number of carbonyl (C=O) groups is 1. The minimum Gasteiger partial charge on any atom is -0.465 e. The van der Waals surface area contributed by atoms with Crippen LogP contribution < -0.4 is 10.9 Å². The van der Waals surface area contributed by atoms with Crippen molar-refractivity contribution >= 4 is 5.97 Å². The van der Waals surface area contributed by atoms with E-state index in [9.17, 15) is 4.79 Å². The summed E-state index contributed by atoms with van der Waals surface area (Å²) in [4.78, 5) is 11.6. The van der Waals surface area contributed by atoms with Crippen LogP contribution in [0.4, 0.5) is 0 Å². The van der Waals surface area contributed by atoms with Gasteiger partial charge in [0, 0.05) is 6.04 Å². The molecule has 0 aromatic heterocycles. The Hall–Kier alpha value is -1.39. The zero-order valence-corrected chi connectivity index (χ0v) is 10.2. The molecule has 0 amide bonds. The summed E-state index contributed by atoms with van der Waals surface area (Å²) in [5, 5.41) is 0. The maximum Gasteiger partial charge on any atom is 0.324 e. The molecule has 1 fully saturated rings. The molecule has 2 N–H and O–H groups in total. The second kappa shape index (κ2) is 5.29. The first-order valence-corrected chi connectivity index (χ1v) is 5.95. The van der Waals surface area contributed by atoms with Crippen LogP contribution in [-0.2, 0) is 9.53 Å². The van der Waals surface area contributed by atoms with Crippen LogP contribution in [-0.4, -0.2) is 18.6 Å². The van der Waals surface area contributed by atoms with Gasteiger partial charge in [0.2, 0.25) is 0 Å². The Morgan fingerprint density at radius 1 is 1.47 bits per heavy atom. The van der Waals surface area contributed by atoms with Crippen LogP contribution in [0.5, 0.6) is 0 Å². The third-order valence-corrected chi connectivity index (χ3v) is 2.92. The Kier molecular flexibility index (Phi) is 3.76. The van der Waals surface area contributed by atoms with Gasteiger partial charge in [-0.15, -0.1) is 0 Å². The highest BCUT2D eigenvalue weighted by Gasteiger charge is 2.30. The van der Waals surface area contributed by atoms with Crippen LogP contribution in [0.3, 0.4) is 0 Å². The van der Waals surface area contributed by atoms with Crippen molar-refractivity contribution in [1.29, 1.82) is 0 Å². The van der Waals surface area contributed by atoms with Crippen molar-refractivity contribution in [3.05, 3.63) is 35.4 Å². The van der Waals surface area contributed by atoms with Gasteiger partial charge in [-0.05, 0) is 25.8 Å². The fraction of sp³-hybridized carbons (Fsp3) is 0.462.